The molecule has 80 valence electrons. The van der Waals surface area contributed by atoms with E-state index in [1.54, 1.807) is 6.92 Å². The number of hydrogen-bond acceptors (Lipinski definition) is 2. The maximum atomic E-state index is 11.1. The highest BCUT2D eigenvalue weighted by molar-refractivity contribution is 5.78. The van der Waals surface area contributed by atoms with Crippen LogP contribution in [0, 0.1) is 11.8 Å². The van der Waals surface area contributed by atoms with Gasteiger partial charge in [0.25, 0.3) is 0 Å². The van der Waals surface area contributed by atoms with E-state index >= 15 is 0 Å². The van der Waals surface area contributed by atoms with Crippen molar-refractivity contribution in [1.29, 1.82) is 0 Å². The van der Waals surface area contributed by atoms with E-state index < -0.39 is 0 Å². The summed E-state index contributed by atoms with van der Waals surface area (Å²) in [6, 6.07) is 0. The van der Waals surface area contributed by atoms with Crippen molar-refractivity contribution >= 4 is 5.78 Å². The van der Waals surface area contributed by atoms with Crippen LogP contribution in [0.2, 0.25) is 0 Å². The molecule has 0 spiro atoms. The number of aliphatic hydroxyl groups excluding tert-OH is 1. The first-order valence-electron chi connectivity index (χ1n) is 5.39. The molecule has 0 aromatic rings. The molecule has 0 aromatic heterocycles. The van der Waals surface area contributed by atoms with E-state index in [1.807, 2.05) is 13.8 Å². The fourth-order valence-electron chi connectivity index (χ4n) is 1.92. The Hall–Kier alpha value is -0.630. The summed E-state index contributed by atoms with van der Waals surface area (Å²) < 4.78 is 0. The zero-order chi connectivity index (χ0) is 10.7. The zero-order valence-electron chi connectivity index (χ0n) is 9.29. The van der Waals surface area contributed by atoms with Gasteiger partial charge in [0.1, 0.15) is 5.78 Å². The summed E-state index contributed by atoms with van der Waals surface area (Å²) in [6.07, 6.45) is 4.34. The maximum Gasteiger partial charge on any atom is 0.133 e. The summed E-state index contributed by atoms with van der Waals surface area (Å²) in [5.41, 5.74) is 1.12. The number of hydrogen-bond donors (Lipinski definition) is 1. The van der Waals surface area contributed by atoms with Crippen molar-refractivity contribution in [1.82, 2.24) is 0 Å². The van der Waals surface area contributed by atoms with Crippen molar-refractivity contribution in [3.8, 4) is 0 Å². The van der Waals surface area contributed by atoms with Crippen molar-refractivity contribution in [3.05, 3.63) is 11.6 Å². The number of aliphatic hydroxyl groups is 1. The van der Waals surface area contributed by atoms with Crippen LogP contribution in [0.5, 0.6) is 0 Å². The van der Waals surface area contributed by atoms with Crippen molar-refractivity contribution in [2.75, 3.05) is 0 Å². The Morgan fingerprint density at radius 1 is 1.57 bits per heavy atom. The predicted molar refractivity (Wildman–Crippen MR) is 56.9 cm³/mol. The molecule has 2 unspecified atom stereocenters. The molecule has 0 aliphatic heterocycles. The third-order valence-electron chi connectivity index (χ3n) is 3.03. The Morgan fingerprint density at radius 2 is 2.21 bits per heavy atom. The molecule has 0 radical (unpaired) electrons. The molecule has 0 amide bonds. The Bertz CT molecular complexity index is 241. The average Bonchev–Trinajstić information content (AvgIpc) is 2.16. The highest BCUT2D eigenvalue weighted by Crippen LogP contribution is 2.28. The van der Waals surface area contributed by atoms with E-state index in [2.05, 4.69) is 6.08 Å². The van der Waals surface area contributed by atoms with Gasteiger partial charge in [-0.2, -0.15) is 0 Å². The lowest BCUT2D eigenvalue weighted by Gasteiger charge is -2.25. The molecule has 14 heavy (non-hydrogen) atoms. The SMILES string of the molecule is CC(=O)C1CC=C(C(O)C(C)C)CC1. The van der Waals surface area contributed by atoms with E-state index in [-0.39, 0.29) is 23.7 Å². The summed E-state index contributed by atoms with van der Waals surface area (Å²) in [6.45, 7) is 5.69. The van der Waals surface area contributed by atoms with Crippen LogP contribution in [-0.2, 0) is 4.79 Å². The first kappa shape index (κ1) is 11.4. The number of carbonyl (C=O) groups is 1. The first-order chi connectivity index (χ1) is 6.52. The van der Waals surface area contributed by atoms with Gasteiger partial charge in [-0.15, -0.1) is 0 Å². The van der Waals surface area contributed by atoms with Crippen molar-refractivity contribution in [2.45, 2.75) is 46.1 Å². The molecule has 0 heterocycles. The van der Waals surface area contributed by atoms with E-state index in [0.29, 0.717) is 0 Å². The Labute approximate surface area is 86.0 Å². The van der Waals surface area contributed by atoms with Crippen LogP contribution in [0.25, 0.3) is 0 Å². The van der Waals surface area contributed by atoms with Crippen LogP contribution in [0.3, 0.4) is 0 Å². The summed E-state index contributed by atoms with van der Waals surface area (Å²) in [5, 5.41) is 9.82. The highest BCUT2D eigenvalue weighted by Gasteiger charge is 2.22. The van der Waals surface area contributed by atoms with Gasteiger partial charge < -0.3 is 5.11 Å². The fourth-order valence-corrected chi connectivity index (χ4v) is 1.92. The number of ketones is 1. The first-order valence-corrected chi connectivity index (χ1v) is 5.39. The quantitative estimate of drug-likeness (QED) is 0.703. The van der Waals surface area contributed by atoms with Crippen molar-refractivity contribution in [2.24, 2.45) is 11.8 Å². The summed E-state index contributed by atoms with van der Waals surface area (Å²) in [4.78, 5) is 11.1. The maximum absolute atomic E-state index is 11.1. The Morgan fingerprint density at radius 3 is 2.57 bits per heavy atom. The monoisotopic (exact) mass is 196 g/mol. The summed E-state index contributed by atoms with van der Waals surface area (Å²) >= 11 is 0. The third-order valence-corrected chi connectivity index (χ3v) is 3.03. The minimum absolute atomic E-state index is 0.193. The second kappa shape index (κ2) is 4.74. The molecule has 0 saturated carbocycles. The Balaban J connectivity index is 2.57. The molecule has 2 nitrogen and oxygen atoms in total. The van der Waals surface area contributed by atoms with Gasteiger partial charge in [-0.25, -0.2) is 0 Å². The minimum atomic E-state index is -0.317. The van der Waals surface area contributed by atoms with Gasteiger partial charge in [0.15, 0.2) is 0 Å². The molecular formula is C12H20O2. The van der Waals surface area contributed by atoms with E-state index in [9.17, 15) is 9.90 Å². The van der Waals surface area contributed by atoms with Gasteiger partial charge in [0, 0.05) is 5.92 Å². The van der Waals surface area contributed by atoms with Crippen molar-refractivity contribution < 1.29 is 9.90 Å². The standard InChI is InChI=1S/C12H20O2/c1-8(2)12(14)11-6-4-10(5-7-11)9(3)13/h6,8,10,12,14H,4-5,7H2,1-3H3. The van der Waals surface area contributed by atoms with E-state index in [1.165, 1.54) is 0 Å². The number of carbonyl (C=O) groups excluding carboxylic acids is 1. The van der Waals surface area contributed by atoms with Gasteiger partial charge in [0.2, 0.25) is 0 Å². The molecule has 1 rings (SSSR count). The molecule has 1 N–H and O–H groups in total. The average molecular weight is 196 g/mol. The molecule has 0 bridgehead atoms. The summed E-state index contributed by atoms with van der Waals surface area (Å²) in [7, 11) is 0. The normalized spacial score (nSPS) is 24.6. The number of Topliss-reactive ketones (excluding diaryl/α,β-unsaturated/α-hetero) is 1. The number of rotatable bonds is 3. The second-order valence-electron chi connectivity index (χ2n) is 4.55. The van der Waals surface area contributed by atoms with Crippen LogP contribution in [0.4, 0.5) is 0 Å². The van der Waals surface area contributed by atoms with Crippen LogP contribution in [0.15, 0.2) is 11.6 Å². The van der Waals surface area contributed by atoms with Gasteiger partial charge in [-0.3, -0.25) is 4.79 Å². The molecule has 2 atom stereocenters. The van der Waals surface area contributed by atoms with Crippen LogP contribution < -0.4 is 0 Å². The van der Waals surface area contributed by atoms with Gasteiger partial charge in [-0.05, 0) is 37.7 Å². The largest absolute Gasteiger partial charge is 0.388 e. The van der Waals surface area contributed by atoms with Crippen LogP contribution in [0.1, 0.15) is 40.0 Å². The summed E-state index contributed by atoms with van der Waals surface area (Å²) in [5.74, 6) is 0.743. The molecule has 2 heteroatoms. The lowest BCUT2D eigenvalue weighted by atomic mass is 9.83. The topological polar surface area (TPSA) is 37.3 Å². The van der Waals surface area contributed by atoms with Crippen molar-refractivity contribution in [3.63, 3.8) is 0 Å². The highest BCUT2D eigenvalue weighted by atomic mass is 16.3. The minimum Gasteiger partial charge on any atom is -0.388 e. The number of allylic oxidation sites excluding steroid dienone is 1. The molecular weight excluding hydrogens is 176 g/mol. The molecule has 0 saturated heterocycles. The predicted octanol–water partition coefficient (Wildman–Crippen LogP) is 2.32. The molecule has 0 aromatic carbocycles. The third kappa shape index (κ3) is 2.68. The molecule has 0 fully saturated rings. The van der Waals surface area contributed by atoms with Crippen LogP contribution >= 0.6 is 0 Å². The Kier molecular flexibility index (Phi) is 3.87. The van der Waals surface area contributed by atoms with Crippen LogP contribution in [-0.4, -0.2) is 17.0 Å². The fraction of sp³-hybridized carbons (Fsp3) is 0.750. The zero-order valence-corrected chi connectivity index (χ0v) is 9.29. The second-order valence-corrected chi connectivity index (χ2v) is 4.55. The van der Waals surface area contributed by atoms with Gasteiger partial charge in [0.05, 0.1) is 6.10 Å². The smallest absolute Gasteiger partial charge is 0.133 e. The molecule has 1 aliphatic rings. The lowest BCUT2D eigenvalue weighted by Crippen LogP contribution is -2.22. The van der Waals surface area contributed by atoms with Gasteiger partial charge in [-0.1, -0.05) is 19.9 Å². The van der Waals surface area contributed by atoms with E-state index in [4.69, 9.17) is 0 Å². The van der Waals surface area contributed by atoms with Gasteiger partial charge >= 0.3 is 0 Å². The van der Waals surface area contributed by atoms with E-state index in [0.717, 1.165) is 24.8 Å². The lowest BCUT2D eigenvalue weighted by molar-refractivity contribution is -0.121. The molecule has 1 aliphatic carbocycles.